The van der Waals surface area contributed by atoms with Crippen LogP contribution in [0.5, 0.6) is 0 Å². The van der Waals surface area contributed by atoms with Gasteiger partial charge in [-0.05, 0) is 30.5 Å². The van der Waals surface area contributed by atoms with Gasteiger partial charge in [0, 0.05) is 0 Å². The number of benzene rings is 1. The van der Waals surface area contributed by atoms with Gasteiger partial charge in [-0.15, -0.1) is 0 Å². The Morgan fingerprint density at radius 1 is 1.25 bits per heavy atom. The van der Waals surface area contributed by atoms with Crippen molar-refractivity contribution in [3.8, 4) is 0 Å². The Hall–Kier alpha value is -1.56. The van der Waals surface area contributed by atoms with Crippen LogP contribution >= 0.6 is 0 Å². The fraction of sp³-hybridized carbons (Fsp3) is 0.500. The van der Waals surface area contributed by atoms with Gasteiger partial charge in [0.15, 0.2) is 0 Å². The van der Waals surface area contributed by atoms with Gasteiger partial charge in [-0.3, -0.25) is 4.79 Å². The zero-order chi connectivity index (χ0) is 15.5. The summed E-state index contributed by atoms with van der Waals surface area (Å²) in [5.74, 6) is -0.442. The molecule has 0 aliphatic heterocycles. The summed E-state index contributed by atoms with van der Waals surface area (Å²) in [6.07, 6.45) is -4.40. The summed E-state index contributed by atoms with van der Waals surface area (Å²) in [5, 5.41) is 2.68. The molecule has 1 aromatic rings. The molecule has 1 aromatic carbocycles. The van der Waals surface area contributed by atoms with E-state index < -0.39 is 23.8 Å². The second-order valence-corrected chi connectivity index (χ2v) is 5.14. The van der Waals surface area contributed by atoms with Crippen molar-refractivity contribution in [1.29, 1.82) is 0 Å². The molecule has 0 aromatic heterocycles. The highest BCUT2D eigenvalue weighted by Gasteiger charge is 2.31. The average molecular weight is 288 g/mol. The van der Waals surface area contributed by atoms with E-state index in [9.17, 15) is 18.0 Å². The molecule has 6 heteroatoms. The van der Waals surface area contributed by atoms with Gasteiger partial charge in [-0.1, -0.05) is 26.0 Å². The summed E-state index contributed by atoms with van der Waals surface area (Å²) >= 11 is 0. The van der Waals surface area contributed by atoms with E-state index in [0.29, 0.717) is 5.56 Å². The lowest BCUT2D eigenvalue weighted by Crippen LogP contribution is -2.41. The van der Waals surface area contributed by atoms with Crippen molar-refractivity contribution in [2.24, 2.45) is 11.7 Å². The highest BCUT2D eigenvalue weighted by Crippen LogP contribution is 2.32. The normalized spacial score (nSPS) is 15.0. The van der Waals surface area contributed by atoms with Crippen molar-refractivity contribution < 1.29 is 18.0 Å². The lowest BCUT2D eigenvalue weighted by Gasteiger charge is -2.24. The SMILES string of the molecule is CC(C)C(NC(=O)[C@H](C)N)c1cccc(C(F)(F)F)c1. The number of hydrogen-bond acceptors (Lipinski definition) is 2. The number of halogens is 3. The van der Waals surface area contributed by atoms with Gasteiger partial charge < -0.3 is 11.1 Å². The smallest absolute Gasteiger partial charge is 0.348 e. The molecular weight excluding hydrogens is 269 g/mol. The number of nitrogens with two attached hydrogens (primary N) is 1. The molecule has 1 rings (SSSR count). The van der Waals surface area contributed by atoms with Gasteiger partial charge in [-0.2, -0.15) is 13.2 Å². The van der Waals surface area contributed by atoms with Gasteiger partial charge >= 0.3 is 6.18 Å². The lowest BCUT2D eigenvalue weighted by molar-refractivity contribution is -0.137. The molecule has 0 radical (unpaired) electrons. The first-order valence-corrected chi connectivity index (χ1v) is 6.36. The van der Waals surface area contributed by atoms with Crippen LogP contribution in [0.3, 0.4) is 0 Å². The van der Waals surface area contributed by atoms with E-state index in [2.05, 4.69) is 5.32 Å². The Balaban J connectivity index is 3.07. The van der Waals surface area contributed by atoms with Gasteiger partial charge in [0.2, 0.25) is 5.91 Å². The van der Waals surface area contributed by atoms with E-state index in [0.717, 1.165) is 12.1 Å². The van der Waals surface area contributed by atoms with Crippen LogP contribution in [0.4, 0.5) is 13.2 Å². The molecule has 112 valence electrons. The van der Waals surface area contributed by atoms with Gasteiger partial charge in [0.05, 0.1) is 17.6 Å². The molecule has 0 spiro atoms. The fourth-order valence-corrected chi connectivity index (χ4v) is 1.83. The molecule has 0 saturated heterocycles. The second kappa shape index (κ2) is 6.26. The third-order valence-corrected chi connectivity index (χ3v) is 2.95. The molecule has 0 bridgehead atoms. The minimum absolute atomic E-state index is 0.0545. The van der Waals surface area contributed by atoms with Crippen LogP contribution < -0.4 is 11.1 Å². The van der Waals surface area contributed by atoms with E-state index in [1.807, 2.05) is 13.8 Å². The summed E-state index contributed by atoms with van der Waals surface area (Å²) in [6, 6.07) is 3.77. The van der Waals surface area contributed by atoms with Crippen molar-refractivity contribution in [2.75, 3.05) is 0 Å². The highest BCUT2D eigenvalue weighted by atomic mass is 19.4. The summed E-state index contributed by atoms with van der Waals surface area (Å²) < 4.78 is 38.1. The first-order valence-electron chi connectivity index (χ1n) is 6.36. The Bertz CT molecular complexity index is 470. The third-order valence-electron chi connectivity index (χ3n) is 2.95. The van der Waals surface area contributed by atoms with Gasteiger partial charge in [0.25, 0.3) is 0 Å². The van der Waals surface area contributed by atoms with E-state index in [-0.39, 0.29) is 11.8 Å². The summed E-state index contributed by atoms with van der Waals surface area (Å²) in [4.78, 5) is 11.7. The molecule has 0 fully saturated rings. The van der Waals surface area contributed by atoms with Crippen LogP contribution in [0.25, 0.3) is 0 Å². The molecule has 3 N–H and O–H groups in total. The molecule has 0 aliphatic rings. The van der Waals surface area contributed by atoms with Crippen LogP contribution in [0.15, 0.2) is 24.3 Å². The maximum Gasteiger partial charge on any atom is 0.416 e. The monoisotopic (exact) mass is 288 g/mol. The molecular formula is C14H19F3N2O. The Kier molecular flexibility index (Phi) is 5.16. The molecule has 0 aliphatic carbocycles. The van der Waals surface area contributed by atoms with Gasteiger partial charge in [-0.25, -0.2) is 0 Å². The predicted molar refractivity (Wildman–Crippen MR) is 70.8 cm³/mol. The first kappa shape index (κ1) is 16.5. The Morgan fingerprint density at radius 2 is 1.85 bits per heavy atom. The zero-order valence-electron chi connectivity index (χ0n) is 11.7. The predicted octanol–water partition coefficient (Wildman–Crippen LogP) is 2.87. The van der Waals surface area contributed by atoms with E-state index in [1.54, 1.807) is 6.07 Å². The van der Waals surface area contributed by atoms with Crippen molar-refractivity contribution in [3.63, 3.8) is 0 Å². The number of carbonyl (C=O) groups excluding carboxylic acids is 1. The summed E-state index contributed by atoms with van der Waals surface area (Å²) in [5.41, 5.74) is 5.16. The standard InChI is InChI=1S/C14H19F3N2O/c1-8(2)12(19-13(20)9(3)18)10-5-4-6-11(7-10)14(15,16)17/h4-9,12H,18H2,1-3H3,(H,19,20)/t9-,12?/m0/s1. The second-order valence-electron chi connectivity index (χ2n) is 5.14. The number of carbonyl (C=O) groups is 1. The van der Waals surface area contributed by atoms with Gasteiger partial charge in [0.1, 0.15) is 0 Å². The Morgan fingerprint density at radius 3 is 2.30 bits per heavy atom. The van der Waals surface area contributed by atoms with E-state index in [4.69, 9.17) is 5.73 Å². The number of amides is 1. The molecule has 3 nitrogen and oxygen atoms in total. The number of hydrogen-bond donors (Lipinski definition) is 2. The minimum Gasteiger partial charge on any atom is -0.348 e. The fourth-order valence-electron chi connectivity index (χ4n) is 1.83. The Labute approximate surface area is 116 Å². The maximum atomic E-state index is 12.7. The number of nitrogens with one attached hydrogen (secondary N) is 1. The highest BCUT2D eigenvalue weighted by molar-refractivity contribution is 5.81. The van der Waals surface area contributed by atoms with Crippen LogP contribution in [-0.4, -0.2) is 11.9 Å². The first-order chi connectivity index (χ1) is 9.12. The lowest BCUT2D eigenvalue weighted by atomic mass is 9.94. The summed E-state index contributed by atoms with van der Waals surface area (Å²) in [7, 11) is 0. The van der Waals surface area contributed by atoms with Crippen LogP contribution in [0.1, 0.15) is 37.9 Å². The topological polar surface area (TPSA) is 55.1 Å². The van der Waals surface area contributed by atoms with Crippen molar-refractivity contribution in [3.05, 3.63) is 35.4 Å². The number of alkyl halides is 3. The molecule has 1 amide bonds. The third kappa shape index (κ3) is 4.23. The van der Waals surface area contributed by atoms with Crippen LogP contribution in [-0.2, 0) is 11.0 Å². The molecule has 1 unspecified atom stereocenters. The van der Waals surface area contributed by atoms with E-state index in [1.165, 1.54) is 13.0 Å². The van der Waals surface area contributed by atoms with Crippen molar-refractivity contribution in [2.45, 2.75) is 39.0 Å². The van der Waals surface area contributed by atoms with Crippen LogP contribution in [0, 0.1) is 5.92 Å². The number of rotatable bonds is 4. The van der Waals surface area contributed by atoms with Crippen molar-refractivity contribution in [1.82, 2.24) is 5.32 Å². The van der Waals surface area contributed by atoms with Crippen molar-refractivity contribution >= 4 is 5.91 Å². The zero-order valence-corrected chi connectivity index (χ0v) is 11.7. The largest absolute Gasteiger partial charge is 0.416 e. The molecule has 0 saturated carbocycles. The maximum absolute atomic E-state index is 12.7. The molecule has 2 atom stereocenters. The average Bonchev–Trinajstić information content (AvgIpc) is 2.34. The van der Waals surface area contributed by atoms with E-state index >= 15 is 0 Å². The molecule has 20 heavy (non-hydrogen) atoms. The quantitative estimate of drug-likeness (QED) is 0.895. The van der Waals surface area contributed by atoms with Crippen LogP contribution in [0.2, 0.25) is 0 Å². The summed E-state index contributed by atoms with van der Waals surface area (Å²) in [6.45, 7) is 5.18. The molecule has 0 heterocycles. The minimum atomic E-state index is -4.40.